The molecule has 1 fully saturated rings. The summed E-state index contributed by atoms with van der Waals surface area (Å²) in [6.07, 6.45) is 2.78. The topological polar surface area (TPSA) is 141 Å². The van der Waals surface area contributed by atoms with Crippen LogP contribution in [0.4, 0.5) is 0 Å². The van der Waals surface area contributed by atoms with E-state index >= 15 is 0 Å². The third-order valence-corrected chi connectivity index (χ3v) is 9.75. The maximum atomic E-state index is 13.3. The van der Waals surface area contributed by atoms with Gasteiger partial charge in [-0.05, 0) is 42.7 Å². The largest absolute Gasteiger partial charge is 0.474 e. The molecule has 0 bridgehead atoms. The van der Waals surface area contributed by atoms with Crippen molar-refractivity contribution in [2.45, 2.75) is 38.0 Å². The van der Waals surface area contributed by atoms with E-state index in [-0.39, 0.29) is 24.6 Å². The van der Waals surface area contributed by atoms with Gasteiger partial charge in [-0.1, -0.05) is 26.0 Å². The van der Waals surface area contributed by atoms with E-state index in [0.29, 0.717) is 42.4 Å². The van der Waals surface area contributed by atoms with Crippen molar-refractivity contribution in [3.05, 3.63) is 69.6 Å². The summed E-state index contributed by atoms with van der Waals surface area (Å²) in [5, 5.41) is 12.3. The summed E-state index contributed by atoms with van der Waals surface area (Å²) in [6.45, 7) is 5.05. The highest BCUT2D eigenvalue weighted by Gasteiger charge is 2.54. The van der Waals surface area contributed by atoms with Crippen LogP contribution in [0.5, 0.6) is 5.88 Å². The van der Waals surface area contributed by atoms with Crippen LogP contribution in [-0.2, 0) is 23.5 Å². The van der Waals surface area contributed by atoms with Gasteiger partial charge in [0.05, 0.1) is 11.6 Å². The average Bonchev–Trinajstić information content (AvgIpc) is 3.70. The van der Waals surface area contributed by atoms with Crippen molar-refractivity contribution in [1.29, 1.82) is 10.0 Å². The first kappa shape index (κ1) is 26.3. The molecule has 1 amide bonds. The van der Waals surface area contributed by atoms with Gasteiger partial charge in [0.1, 0.15) is 32.3 Å². The first-order valence-corrected chi connectivity index (χ1v) is 13.6. The number of amides is 1. The summed E-state index contributed by atoms with van der Waals surface area (Å²) < 4.78 is 30.2. The van der Waals surface area contributed by atoms with Crippen LogP contribution in [0.2, 0.25) is 0 Å². The molecule has 37 heavy (non-hydrogen) atoms. The Hall–Kier alpha value is -3.75. The number of aryl methyl sites for hydroxylation is 1. The molecule has 11 heteroatoms. The monoisotopic (exact) mass is 522 g/mol. The Labute approximate surface area is 216 Å². The molecule has 1 aliphatic rings. The summed E-state index contributed by atoms with van der Waals surface area (Å²) in [5.41, 5.74) is 1.23. The number of fused-ring (bicyclic) bond motifs is 1. The Kier molecular flexibility index (Phi) is 7.34. The van der Waals surface area contributed by atoms with Gasteiger partial charge in [-0.15, -0.1) is 0 Å². The number of hydrogen-bond acceptors (Lipinski definition) is 7. The lowest BCUT2D eigenvalue weighted by atomic mass is 10.1. The lowest BCUT2D eigenvalue weighted by Gasteiger charge is -2.28. The van der Waals surface area contributed by atoms with E-state index in [9.17, 15) is 13.8 Å². The fraction of sp³-hybridized carbons (Fsp3) is 0.385. The minimum Gasteiger partial charge on any atom is -0.474 e. The highest BCUT2D eigenvalue weighted by molar-refractivity contribution is 7.91. The number of ether oxygens (including phenoxy) is 1. The number of carbonyl (C=O) groups is 1. The van der Waals surface area contributed by atoms with E-state index in [1.807, 2.05) is 19.9 Å². The molecule has 0 spiro atoms. The summed E-state index contributed by atoms with van der Waals surface area (Å²) >= 11 is 0. The number of hydrogen-bond donors (Lipinski definition) is 2. The van der Waals surface area contributed by atoms with E-state index in [2.05, 4.69) is 10.3 Å². The maximum Gasteiger partial charge on any atom is 0.263 e. The minimum absolute atomic E-state index is 0.0184. The second-order valence-electron chi connectivity index (χ2n) is 9.08. The molecule has 1 aromatic carbocycles. The van der Waals surface area contributed by atoms with Gasteiger partial charge in [0.2, 0.25) is 5.88 Å². The van der Waals surface area contributed by atoms with Crippen molar-refractivity contribution in [3.8, 4) is 11.9 Å². The van der Waals surface area contributed by atoms with Gasteiger partial charge in [0.15, 0.2) is 0 Å². The van der Waals surface area contributed by atoms with Gasteiger partial charge in [0, 0.05) is 38.3 Å². The van der Waals surface area contributed by atoms with Crippen molar-refractivity contribution in [3.63, 3.8) is 0 Å². The Bertz CT molecular complexity index is 1530. The lowest BCUT2D eigenvalue weighted by molar-refractivity contribution is 0.0949. The van der Waals surface area contributed by atoms with Crippen molar-refractivity contribution in [1.82, 2.24) is 19.2 Å². The predicted molar refractivity (Wildman–Crippen MR) is 141 cm³/mol. The molecule has 194 valence electrons. The summed E-state index contributed by atoms with van der Waals surface area (Å²) in [4.78, 5) is 30.3. The van der Waals surface area contributed by atoms with Crippen molar-refractivity contribution in [2.24, 2.45) is 7.05 Å². The van der Waals surface area contributed by atoms with Gasteiger partial charge < -0.3 is 14.6 Å². The first-order valence-electron chi connectivity index (χ1n) is 12.1. The SMILES string of the molecule is CCN(CC)S(=N)(=O)C1(COc2nccc3cc(C(=O)NCc4ccc(C#N)cc4)c(=O)n(C)c23)CC1. The number of nitrogens with one attached hydrogen (secondary N) is 2. The smallest absolute Gasteiger partial charge is 0.263 e. The first-order chi connectivity index (χ1) is 17.7. The highest BCUT2D eigenvalue weighted by atomic mass is 32.2. The predicted octanol–water partition coefficient (Wildman–Crippen LogP) is 2.95. The second-order valence-corrected chi connectivity index (χ2v) is 11.5. The summed E-state index contributed by atoms with van der Waals surface area (Å²) in [5.74, 6) is -0.320. The number of rotatable bonds is 10. The Morgan fingerprint density at radius 3 is 2.54 bits per heavy atom. The molecule has 1 aliphatic carbocycles. The minimum atomic E-state index is -3.04. The van der Waals surface area contributed by atoms with Crippen LogP contribution in [0.1, 0.15) is 48.2 Å². The van der Waals surface area contributed by atoms with Gasteiger partial charge >= 0.3 is 0 Å². The number of aromatic nitrogens is 2. The number of pyridine rings is 2. The van der Waals surface area contributed by atoms with Crippen LogP contribution in [0.25, 0.3) is 10.9 Å². The van der Waals surface area contributed by atoms with Crippen LogP contribution >= 0.6 is 0 Å². The molecule has 0 saturated heterocycles. The maximum absolute atomic E-state index is 13.3. The van der Waals surface area contributed by atoms with Gasteiger partial charge in [0.25, 0.3) is 11.5 Å². The van der Waals surface area contributed by atoms with Crippen LogP contribution in [0, 0.1) is 16.1 Å². The Balaban J connectivity index is 1.56. The standard InChI is InChI=1S/C26H30N6O4S/c1-4-32(5-2)37(28,35)26(11-12-26)17-36-24-22-20(10-13-29-24)14-21(25(34)31(22)3)23(33)30-16-19-8-6-18(15-27)7-9-19/h6-10,13-14,28H,4-5,11-12,16-17H2,1-3H3,(H,30,33). The van der Waals surface area contributed by atoms with E-state index in [1.165, 1.54) is 16.8 Å². The molecule has 4 rings (SSSR count). The van der Waals surface area contributed by atoms with E-state index in [4.69, 9.17) is 14.8 Å². The van der Waals surface area contributed by atoms with Crippen LogP contribution in [-0.4, -0.2) is 48.4 Å². The average molecular weight is 523 g/mol. The normalized spacial score (nSPS) is 15.6. The Morgan fingerprint density at radius 1 is 1.27 bits per heavy atom. The number of nitriles is 1. The fourth-order valence-electron chi connectivity index (χ4n) is 4.35. The molecule has 2 N–H and O–H groups in total. The fourth-order valence-corrected chi connectivity index (χ4v) is 6.50. The zero-order valence-electron chi connectivity index (χ0n) is 21.1. The summed E-state index contributed by atoms with van der Waals surface area (Å²) in [7, 11) is -1.49. The van der Waals surface area contributed by atoms with Crippen LogP contribution < -0.4 is 15.6 Å². The van der Waals surface area contributed by atoms with Crippen LogP contribution in [0.15, 0.2) is 47.4 Å². The zero-order chi connectivity index (χ0) is 26.8. The van der Waals surface area contributed by atoms with Gasteiger partial charge in [-0.3, -0.25) is 9.59 Å². The molecule has 0 aliphatic heterocycles. The van der Waals surface area contributed by atoms with Gasteiger partial charge in [-0.25, -0.2) is 18.3 Å². The third-order valence-electron chi connectivity index (χ3n) is 6.81. The van der Waals surface area contributed by atoms with E-state index in [1.54, 1.807) is 41.7 Å². The molecule has 3 aromatic rings. The number of carbonyl (C=O) groups excluding carboxylic acids is 1. The van der Waals surface area contributed by atoms with E-state index in [0.717, 1.165) is 5.56 Å². The molecular weight excluding hydrogens is 492 g/mol. The molecule has 1 atom stereocenters. The third kappa shape index (κ3) is 4.95. The van der Waals surface area contributed by atoms with Crippen molar-refractivity contribution < 1.29 is 13.7 Å². The number of nitrogens with zero attached hydrogens (tertiary/aromatic N) is 4. The number of benzene rings is 1. The summed E-state index contributed by atoms with van der Waals surface area (Å²) in [6, 6.07) is 12.1. The van der Waals surface area contributed by atoms with Crippen molar-refractivity contribution >= 4 is 26.7 Å². The molecule has 2 aromatic heterocycles. The molecule has 1 unspecified atom stereocenters. The van der Waals surface area contributed by atoms with Gasteiger partial charge in [-0.2, -0.15) is 5.26 Å². The molecule has 2 heterocycles. The quantitative estimate of drug-likeness (QED) is 0.419. The Morgan fingerprint density at radius 2 is 1.95 bits per heavy atom. The van der Waals surface area contributed by atoms with Crippen molar-refractivity contribution in [2.75, 3.05) is 19.7 Å². The molecular formula is C26H30N6O4S. The van der Waals surface area contributed by atoms with E-state index < -0.39 is 26.1 Å². The second kappa shape index (κ2) is 10.3. The zero-order valence-corrected chi connectivity index (χ0v) is 21.9. The molecule has 10 nitrogen and oxygen atoms in total. The van der Waals surface area contributed by atoms with Crippen LogP contribution in [0.3, 0.4) is 0 Å². The molecule has 1 saturated carbocycles. The highest BCUT2D eigenvalue weighted by Crippen LogP contribution is 2.46. The lowest BCUT2D eigenvalue weighted by Crippen LogP contribution is -2.42. The molecule has 0 radical (unpaired) electrons.